The molecule has 0 radical (unpaired) electrons. The summed E-state index contributed by atoms with van der Waals surface area (Å²) in [6.07, 6.45) is 1.64. The number of hydrogen-bond donors (Lipinski definition) is 1. The zero-order chi connectivity index (χ0) is 20.5. The third kappa shape index (κ3) is 3.94. The van der Waals surface area contributed by atoms with Gasteiger partial charge in [0, 0.05) is 23.0 Å². The third-order valence-corrected chi connectivity index (χ3v) is 7.51. The average Bonchev–Trinajstić information content (AvgIpc) is 3.13. The molecule has 1 aromatic heterocycles. The van der Waals surface area contributed by atoms with E-state index in [0.717, 1.165) is 12.8 Å². The van der Waals surface area contributed by atoms with Gasteiger partial charge in [-0.2, -0.15) is 0 Å². The van der Waals surface area contributed by atoms with E-state index >= 15 is 0 Å². The first kappa shape index (κ1) is 20.8. The first-order valence-corrected chi connectivity index (χ1v) is 11.7. The first-order valence-electron chi connectivity index (χ1n) is 9.36. The largest absolute Gasteiger partial charge is 0.495 e. The van der Waals surface area contributed by atoms with Crippen molar-refractivity contribution in [2.75, 3.05) is 13.7 Å². The fraction of sp³-hybridized carbons (Fsp3) is 0.450. The molecule has 1 amide bonds. The quantitative estimate of drug-likeness (QED) is 0.772. The maximum atomic E-state index is 13.3. The normalized spacial score (nSPS) is 16.9. The third-order valence-electron chi connectivity index (χ3n) is 4.83. The highest BCUT2D eigenvalue weighted by Crippen LogP contribution is 2.36. The molecule has 1 aliphatic heterocycles. The number of carbonyl (C=O) groups is 1. The molecular weight excluding hydrogens is 396 g/mol. The molecule has 2 heterocycles. The SMILES string of the molecule is CCC1c2ccsc2CCN1C(=O)c1ccc(OC)c(S(=O)(=O)NC(C)C)c1. The van der Waals surface area contributed by atoms with Crippen LogP contribution in [0.5, 0.6) is 5.75 Å². The van der Waals surface area contributed by atoms with E-state index in [0.29, 0.717) is 12.1 Å². The molecule has 152 valence electrons. The molecular formula is C20H26N2O4S2. The van der Waals surface area contributed by atoms with Crippen molar-refractivity contribution in [1.82, 2.24) is 9.62 Å². The summed E-state index contributed by atoms with van der Waals surface area (Å²) in [5.41, 5.74) is 1.55. The maximum Gasteiger partial charge on any atom is 0.254 e. The molecule has 1 aromatic carbocycles. The fourth-order valence-electron chi connectivity index (χ4n) is 3.64. The molecule has 1 atom stereocenters. The highest BCUT2D eigenvalue weighted by molar-refractivity contribution is 7.89. The Morgan fingerprint density at radius 1 is 1.36 bits per heavy atom. The monoisotopic (exact) mass is 422 g/mol. The second kappa shape index (κ2) is 8.23. The molecule has 0 saturated carbocycles. The Hall–Kier alpha value is -1.90. The van der Waals surface area contributed by atoms with E-state index < -0.39 is 10.0 Å². The molecule has 0 fully saturated rings. The van der Waals surface area contributed by atoms with Crippen molar-refractivity contribution in [1.29, 1.82) is 0 Å². The van der Waals surface area contributed by atoms with Crippen LogP contribution in [0.1, 0.15) is 54.0 Å². The zero-order valence-electron chi connectivity index (χ0n) is 16.6. The molecule has 6 nitrogen and oxygen atoms in total. The number of rotatable bonds is 6. The molecule has 0 saturated heterocycles. The lowest BCUT2D eigenvalue weighted by Crippen LogP contribution is -2.39. The van der Waals surface area contributed by atoms with Gasteiger partial charge in [0.25, 0.3) is 5.91 Å². The van der Waals surface area contributed by atoms with Crippen LogP contribution in [-0.2, 0) is 16.4 Å². The van der Waals surface area contributed by atoms with Gasteiger partial charge in [-0.3, -0.25) is 4.79 Å². The highest BCUT2D eigenvalue weighted by Gasteiger charge is 2.32. The van der Waals surface area contributed by atoms with E-state index in [1.165, 1.54) is 23.6 Å². The van der Waals surface area contributed by atoms with Crippen LogP contribution in [0.2, 0.25) is 0 Å². The number of sulfonamides is 1. The van der Waals surface area contributed by atoms with Gasteiger partial charge in [0.2, 0.25) is 10.0 Å². The Labute approximate surface area is 170 Å². The molecule has 0 bridgehead atoms. The number of methoxy groups -OCH3 is 1. The lowest BCUT2D eigenvalue weighted by atomic mass is 9.97. The summed E-state index contributed by atoms with van der Waals surface area (Å²) in [6.45, 7) is 6.19. The van der Waals surface area contributed by atoms with E-state index in [4.69, 9.17) is 4.74 Å². The van der Waals surface area contributed by atoms with Gasteiger partial charge in [0.1, 0.15) is 10.6 Å². The van der Waals surface area contributed by atoms with E-state index in [2.05, 4.69) is 23.1 Å². The lowest BCUT2D eigenvalue weighted by Gasteiger charge is -2.35. The van der Waals surface area contributed by atoms with Crippen LogP contribution in [0.25, 0.3) is 0 Å². The predicted molar refractivity (Wildman–Crippen MR) is 111 cm³/mol. The van der Waals surface area contributed by atoms with Gasteiger partial charge in [-0.25, -0.2) is 13.1 Å². The van der Waals surface area contributed by atoms with Crippen LogP contribution >= 0.6 is 11.3 Å². The minimum atomic E-state index is -3.79. The van der Waals surface area contributed by atoms with Crippen molar-refractivity contribution in [3.05, 3.63) is 45.6 Å². The Balaban J connectivity index is 1.98. The molecule has 1 N–H and O–H groups in total. The Morgan fingerprint density at radius 3 is 2.75 bits per heavy atom. The van der Waals surface area contributed by atoms with Gasteiger partial charge in [-0.1, -0.05) is 6.92 Å². The predicted octanol–water partition coefficient (Wildman–Crippen LogP) is 3.59. The van der Waals surface area contributed by atoms with Crippen LogP contribution in [-0.4, -0.2) is 38.9 Å². The number of thiophene rings is 1. The zero-order valence-corrected chi connectivity index (χ0v) is 18.2. The summed E-state index contributed by atoms with van der Waals surface area (Å²) >= 11 is 1.73. The average molecular weight is 423 g/mol. The molecule has 1 unspecified atom stereocenters. The lowest BCUT2D eigenvalue weighted by molar-refractivity contribution is 0.0657. The first-order chi connectivity index (χ1) is 13.3. The van der Waals surface area contributed by atoms with Crippen molar-refractivity contribution in [2.24, 2.45) is 0 Å². The van der Waals surface area contributed by atoms with Crippen LogP contribution < -0.4 is 9.46 Å². The van der Waals surface area contributed by atoms with Crippen LogP contribution in [0.4, 0.5) is 0 Å². The van der Waals surface area contributed by atoms with Crippen LogP contribution in [0.15, 0.2) is 34.5 Å². The number of ether oxygens (including phenoxy) is 1. The van der Waals surface area contributed by atoms with Gasteiger partial charge < -0.3 is 9.64 Å². The molecule has 8 heteroatoms. The minimum absolute atomic E-state index is 0.0125. The summed E-state index contributed by atoms with van der Waals surface area (Å²) in [5.74, 6) is 0.0582. The van der Waals surface area contributed by atoms with Gasteiger partial charge in [-0.15, -0.1) is 11.3 Å². The number of amides is 1. The molecule has 28 heavy (non-hydrogen) atoms. The number of hydrogen-bond acceptors (Lipinski definition) is 5. The topological polar surface area (TPSA) is 75.7 Å². The second-order valence-electron chi connectivity index (χ2n) is 7.11. The van der Waals surface area contributed by atoms with Crippen LogP contribution in [0.3, 0.4) is 0 Å². The van der Waals surface area contributed by atoms with Crippen molar-refractivity contribution in [2.45, 2.75) is 50.6 Å². The molecule has 0 aliphatic carbocycles. The highest BCUT2D eigenvalue weighted by atomic mass is 32.2. The van der Waals surface area contributed by atoms with E-state index in [1.54, 1.807) is 37.3 Å². The smallest absolute Gasteiger partial charge is 0.254 e. The summed E-state index contributed by atoms with van der Waals surface area (Å²) in [5, 5.41) is 2.07. The molecule has 1 aliphatic rings. The van der Waals surface area contributed by atoms with Crippen molar-refractivity contribution < 1.29 is 17.9 Å². The van der Waals surface area contributed by atoms with E-state index in [1.807, 2.05) is 4.90 Å². The Morgan fingerprint density at radius 2 is 2.11 bits per heavy atom. The van der Waals surface area contributed by atoms with Gasteiger partial charge >= 0.3 is 0 Å². The van der Waals surface area contributed by atoms with Crippen LogP contribution in [0, 0.1) is 0 Å². The summed E-state index contributed by atoms with van der Waals surface area (Å²) < 4.78 is 33.2. The van der Waals surface area contributed by atoms with Gasteiger partial charge in [0.15, 0.2) is 0 Å². The van der Waals surface area contributed by atoms with E-state index in [-0.39, 0.29) is 28.6 Å². The number of carbonyl (C=O) groups excluding carboxylic acids is 1. The minimum Gasteiger partial charge on any atom is -0.495 e. The number of fused-ring (bicyclic) bond motifs is 1. The summed E-state index contributed by atoms with van der Waals surface area (Å²) in [7, 11) is -2.37. The van der Waals surface area contributed by atoms with Gasteiger partial charge in [-0.05, 0) is 61.9 Å². The number of nitrogens with one attached hydrogen (secondary N) is 1. The molecule has 3 rings (SSSR count). The standard InChI is InChI=1S/C20H26N2O4S2/c1-5-16-15-9-11-27-18(15)8-10-22(16)20(23)14-6-7-17(26-4)19(12-14)28(24,25)21-13(2)3/h6-7,9,11-13,16,21H,5,8,10H2,1-4H3. The fourth-order valence-corrected chi connectivity index (χ4v) is 6.01. The molecule has 0 spiro atoms. The Kier molecular flexibility index (Phi) is 6.12. The maximum absolute atomic E-state index is 13.3. The molecule has 2 aromatic rings. The summed E-state index contributed by atoms with van der Waals surface area (Å²) in [6, 6.07) is 6.43. The van der Waals surface area contributed by atoms with Crippen molar-refractivity contribution in [3.63, 3.8) is 0 Å². The van der Waals surface area contributed by atoms with Crippen molar-refractivity contribution in [3.8, 4) is 5.75 Å². The Bertz CT molecular complexity index is 966. The number of benzene rings is 1. The second-order valence-corrected chi connectivity index (χ2v) is 9.80. The van der Waals surface area contributed by atoms with Crippen molar-refractivity contribution >= 4 is 27.3 Å². The number of nitrogens with zero attached hydrogens (tertiary/aromatic N) is 1. The van der Waals surface area contributed by atoms with Gasteiger partial charge in [0.05, 0.1) is 13.2 Å². The van der Waals surface area contributed by atoms with E-state index in [9.17, 15) is 13.2 Å². The summed E-state index contributed by atoms with van der Waals surface area (Å²) in [4.78, 5) is 16.4.